The van der Waals surface area contributed by atoms with Crippen LogP contribution >= 0.6 is 11.3 Å². The van der Waals surface area contributed by atoms with Gasteiger partial charge in [-0.1, -0.05) is 55.5 Å². The van der Waals surface area contributed by atoms with Gasteiger partial charge in [-0.2, -0.15) is 0 Å². The van der Waals surface area contributed by atoms with Crippen LogP contribution in [0.1, 0.15) is 51.4 Å². The van der Waals surface area contributed by atoms with Crippen molar-refractivity contribution in [1.82, 2.24) is 4.90 Å². The minimum Gasteiger partial charge on any atom is -0.311 e. The van der Waals surface area contributed by atoms with Crippen molar-refractivity contribution in [3.8, 4) is 0 Å². The molecule has 0 N–H and O–H groups in total. The average Bonchev–Trinajstić information content (AvgIpc) is 3.13. The molecule has 0 radical (unpaired) electrons. The fourth-order valence-corrected chi connectivity index (χ4v) is 6.84. The maximum absolute atomic E-state index is 13.5. The van der Waals surface area contributed by atoms with Gasteiger partial charge in [0.1, 0.15) is 0 Å². The van der Waals surface area contributed by atoms with Crippen molar-refractivity contribution in [2.45, 2.75) is 45.6 Å². The molecule has 2 aliphatic rings. The van der Waals surface area contributed by atoms with Crippen LogP contribution in [0.3, 0.4) is 0 Å². The summed E-state index contributed by atoms with van der Waals surface area (Å²) < 4.78 is 0. The summed E-state index contributed by atoms with van der Waals surface area (Å²) in [5.74, 6) is 0.223. The molecule has 3 aromatic rings. The summed E-state index contributed by atoms with van der Waals surface area (Å²) in [6.45, 7) is 6.73. The number of benzene rings is 2. The van der Waals surface area contributed by atoms with Crippen molar-refractivity contribution in [3.05, 3.63) is 86.6 Å². The Kier molecular flexibility index (Phi) is 5.68. The van der Waals surface area contributed by atoms with Crippen LogP contribution in [0.25, 0.3) is 0 Å². The zero-order valence-corrected chi connectivity index (χ0v) is 19.3. The molecule has 3 heterocycles. The number of rotatable bonds is 4. The molecule has 0 spiro atoms. The second kappa shape index (κ2) is 8.60. The molecular weight excluding hydrogens is 400 g/mol. The zero-order valence-electron chi connectivity index (χ0n) is 18.4. The van der Waals surface area contributed by atoms with Gasteiger partial charge in [-0.25, -0.2) is 0 Å². The highest BCUT2D eigenvalue weighted by Gasteiger charge is 2.34. The Morgan fingerprint density at radius 3 is 2.61 bits per heavy atom. The van der Waals surface area contributed by atoms with Gasteiger partial charge in [0, 0.05) is 28.5 Å². The van der Waals surface area contributed by atoms with E-state index >= 15 is 0 Å². The van der Waals surface area contributed by atoms with Gasteiger partial charge in [-0.3, -0.25) is 9.69 Å². The summed E-state index contributed by atoms with van der Waals surface area (Å²) in [6.07, 6.45) is 4.23. The highest BCUT2D eigenvalue weighted by molar-refractivity contribution is 7.12. The van der Waals surface area contributed by atoms with E-state index in [1.807, 2.05) is 22.3 Å². The number of aryl methyl sites for hydroxylation is 2. The molecule has 160 valence electrons. The van der Waals surface area contributed by atoms with E-state index < -0.39 is 0 Å². The lowest BCUT2D eigenvalue weighted by Gasteiger charge is -2.38. The first kappa shape index (κ1) is 20.5. The Bertz CT molecular complexity index is 1090. The number of carbonyl (C=O) groups excluding carboxylic acids is 1. The van der Waals surface area contributed by atoms with Crippen LogP contribution in [0.2, 0.25) is 0 Å². The molecule has 1 atom stereocenters. The Balaban J connectivity index is 1.48. The monoisotopic (exact) mass is 430 g/mol. The molecule has 31 heavy (non-hydrogen) atoms. The number of anilines is 1. The maximum Gasteiger partial charge on any atom is 0.241 e. The number of fused-ring (bicyclic) bond motifs is 2. The van der Waals surface area contributed by atoms with Gasteiger partial charge >= 0.3 is 0 Å². The van der Waals surface area contributed by atoms with Gasteiger partial charge in [-0.05, 0) is 60.9 Å². The lowest BCUT2D eigenvalue weighted by atomic mass is 9.91. The number of hydrogen-bond acceptors (Lipinski definition) is 3. The van der Waals surface area contributed by atoms with Crippen LogP contribution in [0.15, 0.2) is 54.6 Å². The molecule has 1 aromatic heterocycles. The summed E-state index contributed by atoms with van der Waals surface area (Å²) >= 11 is 1.93. The van der Waals surface area contributed by atoms with E-state index in [1.165, 1.54) is 32.0 Å². The lowest BCUT2D eigenvalue weighted by molar-refractivity contribution is -0.120. The molecule has 1 amide bonds. The van der Waals surface area contributed by atoms with Crippen LogP contribution in [0.4, 0.5) is 5.69 Å². The summed E-state index contributed by atoms with van der Waals surface area (Å²) in [7, 11) is 0. The van der Waals surface area contributed by atoms with Crippen LogP contribution < -0.4 is 4.90 Å². The first-order valence-corrected chi connectivity index (χ1v) is 12.3. The maximum atomic E-state index is 13.5. The van der Waals surface area contributed by atoms with E-state index in [1.54, 1.807) is 0 Å². The smallest absolute Gasteiger partial charge is 0.241 e. The minimum atomic E-state index is 0.165. The van der Waals surface area contributed by atoms with Crippen molar-refractivity contribution in [3.63, 3.8) is 0 Å². The molecule has 2 aliphatic heterocycles. The Hall–Kier alpha value is -2.43. The standard InChI is InChI=1S/C27H30N2OS/c1-3-22-19(2)31-27-23(22)15-17-28(26(27)21-11-5-4-6-12-21)18-25(30)29-16-9-13-20-10-7-8-14-24(20)29/h4-8,10-12,14,26H,3,9,13,15-18H2,1-2H3. The molecule has 1 unspecified atom stereocenters. The summed E-state index contributed by atoms with van der Waals surface area (Å²) in [5.41, 5.74) is 6.75. The van der Waals surface area contributed by atoms with Gasteiger partial charge < -0.3 is 4.90 Å². The van der Waals surface area contributed by atoms with Gasteiger partial charge in [-0.15, -0.1) is 11.3 Å². The van der Waals surface area contributed by atoms with Crippen molar-refractivity contribution >= 4 is 22.9 Å². The van der Waals surface area contributed by atoms with E-state index in [2.05, 4.69) is 67.3 Å². The minimum absolute atomic E-state index is 0.165. The highest BCUT2D eigenvalue weighted by Crippen LogP contribution is 2.42. The van der Waals surface area contributed by atoms with E-state index in [0.717, 1.165) is 44.5 Å². The molecule has 0 saturated heterocycles. The number of para-hydroxylation sites is 1. The molecule has 0 bridgehead atoms. The van der Waals surface area contributed by atoms with Gasteiger partial charge in [0.15, 0.2) is 0 Å². The predicted molar refractivity (Wildman–Crippen MR) is 129 cm³/mol. The third-order valence-corrected chi connectivity index (χ3v) is 8.07. The van der Waals surface area contributed by atoms with Gasteiger partial charge in [0.2, 0.25) is 5.91 Å². The number of amides is 1. The lowest BCUT2D eigenvalue weighted by Crippen LogP contribution is -2.46. The van der Waals surface area contributed by atoms with E-state index in [4.69, 9.17) is 0 Å². The SMILES string of the molecule is CCc1c(C)sc2c1CCN(CC(=O)N1CCCc3ccccc31)C2c1ccccc1. The van der Waals surface area contributed by atoms with E-state index in [0.29, 0.717) is 6.54 Å². The topological polar surface area (TPSA) is 23.6 Å². The second-order valence-electron chi connectivity index (χ2n) is 8.64. The Morgan fingerprint density at radius 1 is 1.03 bits per heavy atom. The molecule has 2 aromatic carbocycles. The average molecular weight is 431 g/mol. The fraction of sp³-hybridized carbons (Fsp3) is 0.370. The number of thiophene rings is 1. The van der Waals surface area contributed by atoms with Crippen LogP contribution in [-0.2, 0) is 24.1 Å². The molecule has 0 saturated carbocycles. The molecular formula is C27H30N2OS. The predicted octanol–water partition coefficient (Wildman–Crippen LogP) is 5.55. The van der Waals surface area contributed by atoms with Crippen molar-refractivity contribution in [1.29, 1.82) is 0 Å². The van der Waals surface area contributed by atoms with E-state index in [9.17, 15) is 4.79 Å². The molecule has 5 rings (SSSR count). The first-order chi connectivity index (χ1) is 15.2. The second-order valence-corrected chi connectivity index (χ2v) is 9.90. The third kappa shape index (κ3) is 3.72. The molecule has 0 aliphatic carbocycles. The van der Waals surface area contributed by atoms with Crippen molar-refractivity contribution in [2.24, 2.45) is 0 Å². The fourth-order valence-electron chi connectivity index (χ4n) is 5.38. The van der Waals surface area contributed by atoms with E-state index in [-0.39, 0.29) is 11.9 Å². The quantitative estimate of drug-likeness (QED) is 0.542. The van der Waals surface area contributed by atoms with Crippen molar-refractivity contribution < 1.29 is 4.79 Å². The van der Waals surface area contributed by atoms with Crippen LogP contribution in [0, 0.1) is 6.92 Å². The Labute approximate surface area is 189 Å². The summed E-state index contributed by atoms with van der Waals surface area (Å²) in [6, 6.07) is 19.3. The third-order valence-electron chi connectivity index (χ3n) is 6.83. The molecule has 4 heteroatoms. The first-order valence-electron chi connectivity index (χ1n) is 11.5. The number of hydrogen-bond donors (Lipinski definition) is 0. The van der Waals surface area contributed by atoms with Crippen molar-refractivity contribution in [2.75, 3.05) is 24.5 Å². The highest BCUT2D eigenvalue weighted by atomic mass is 32.1. The number of nitrogens with zero attached hydrogens (tertiary/aromatic N) is 2. The number of carbonyl (C=O) groups is 1. The normalized spacial score (nSPS) is 18.5. The van der Waals surface area contributed by atoms with Crippen LogP contribution in [-0.4, -0.2) is 30.4 Å². The molecule has 0 fully saturated rings. The van der Waals surface area contributed by atoms with Gasteiger partial charge in [0.25, 0.3) is 0 Å². The molecule has 3 nitrogen and oxygen atoms in total. The Morgan fingerprint density at radius 2 is 1.81 bits per heavy atom. The largest absolute Gasteiger partial charge is 0.311 e. The van der Waals surface area contributed by atoms with Crippen LogP contribution in [0.5, 0.6) is 0 Å². The summed E-state index contributed by atoms with van der Waals surface area (Å²) in [4.78, 5) is 20.8. The summed E-state index contributed by atoms with van der Waals surface area (Å²) in [5, 5.41) is 0. The zero-order chi connectivity index (χ0) is 21.4. The van der Waals surface area contributed by atoms with Gasteiger partial charge in [0.05, 0.1) is 12.6 Å².